The maximum Gasteiger partial charge on any atom is 0.0546 e. The molecule has 2 heteroatoms. The number of methoxy groups -OCH3 is 1. The van der Waals surface area contributed by atoms with Crippen molar-refractivity contribution in [3.8, 4) is 0 Å². The summed E-state index contributed by atoms with van der Waals surface area (Å²) in [6.45, 7) is 2.90. The molecule has 0 spiro atoms. The van der Waals surface area contributed by atoms with Crippen molar-refractivity contribution in [2.75, 3.05) is 13.7 Å². The fourth-order valence-corrected chi connectivity index (χ4v) is 2.27. The molecule has 0 bridgehead atoms. The lowest BCUT2D eigenvalue weighted by Gasteiger charge is -2.14. The molecule has 1 aromatic carbocycles. The average Bonchev–Trinajstić information content (AvgIpc) is 3.17. The largest absolute Gasteiger partial charge is 0.382 e. The van der Waals surface area contributed by atoms with Crippen LogP contribution in [0.25, 0.3) is 0 Å². The van der Waals surface area contributed by atoms with Gasteiger partial charge >= 0.3 is 0 Å². The Morgan fingerprint density at radius 3 is 2.41 bits per heavy atom. The second-order valence-electron chi connectivity index (χ2n) is 5.27. The van der Waals surface area contributed by atoms with Gasteiger partial charge in [0.15, 0.2) is 0 Å². The first-order valence-electron chi connectivity index (χ1n) is 6.52. The smallest absolute Gasteiger partial charge is 0.0546 e. The quantitative estimate of drug-likeness (QED) is 0.820. The van der Waals surface area contributed by atoms with Crippen molar-refractivity contribution in [1.29, 1.82) is 0 Å². The Morgan fingerprint density at radius 1 is 1.29 bits per heavy atom. The van der Waals surface area contributed by atoms with Crippen LogP contribution in [0, 0.1) is 0 Å². The molecule has 1 saturated carbocycles. The van der Waals surface area contributed by atoms with E-state index in [2.05, 4.69) is 31.2 Å². The first-order valence-corrected chi connectivity index (χ1v) is 6.52. The van der Waals surface area contributed by atoms with E-state index in [9.17, 15) is 0 Å². The van der Waals surface area contributed by atoms with E-state index in [0.717, 1.165) is 19.4 Å². The standard InChI is InChI=1S/C15H23NO/c1-12(17-2)3-4-13-5-7-14(8-6-13)15(11-16)9-10-15/h5-8,12H,3-4,9-11,16H2,1-2H3. The van der Waals surface area contributed by atoms with Crippen molar-refractivity contribution in [3.63, 3.8) is 0 Å². The average molecular weight is 233 g/mol. The third kappa shape index (κ3) is 2.88. The minimum Gasteiger partial charge on any atom is -0.382 e. The number of aryl methyl sites for hydroxylation is 1. The van der Waals surface area contributed by atoms with Crippen molar-refractivity contribution in [2.24, 2.45) is 5.73 Å². The van der Waals surface area contributed by atoms with E-state index in [1.54, 1.807) is 7.11 Å². The summed E-state index contributed by atoms with van der Waals surface area (Å²) in [5, 5.41) is 0. The van der Waals surface area contributed by atoms with Crippen molar-refractivity contribution >= 4 is 0 Å². The molecule has 1 aliphatic carbocycles. The first-order chi connectivity index (χ1) is 8.20. The van der Waals surface area contributed by atoms with Gasteiger partial charge in [0.05, 0.1) is 6.10 Å². The van der Waals surface area contributed by atoms with Gasteiger partial charge in [-0.05, 0) is 43.7 Å². The molecule has 0 radical (unpaired) electrons. The molecule has 17 heavy (non-hydrogen) atoms. The maximum absolute atomic E-state index is 5.84. The zero-order valence-corrected chi connectivity index (χ0v) is 10.9. The minimum atomic E-state index is 0.318. The van der Waals surface area contributed by atoms with E-state index < -0.39 is 0 Å². The van der Waals surface area contributed by atoms with Gasteiger partial charge in [-0.15, -0.1) is 0 Å². The van der Waals surface area contributed by atoms with E-state index in [-0.39, 0.29) is 0 Å². The molecule has 2 rings (SSSR count). The molecule has 0 heterocycles. The topological polar surface area (TPSA) is 35.2 Å². The third-order valence-electron chi connectivity index (χ3n) is 4.05. The Hall–Kier alpha value is -0.860. The van der Waals surface area contributed by atoms with Gasteiger partial charge in [-0.1, -0.05) is 24.3 Å². The molecule has 2 N–H and O–H groups in total. The van der Waals surface area contributed by atoms with Gasteiger partial charge in [-0.2, -0.15) is 0 Å². The number of ether oxygens (including phenoxy) is 1. The van der Waals surface area contributed by atoms with Crippen LogP contribution in [0.3, 0.4) is 0 Å². The molecule has 0 saturated heterocycles. The summed E-state index contributed by atoms with van der Waals surface area (Å²) in [7, 11) is 1.77. The summed E-state index contributed by atoms with van der Waals surface area (Å²) >= 11 is 0. The fraction of sp³-hybridized carbons (Fsp3) is 0.600. The molecule has 0 aromatic heterocycles. The summed E-state index contributed by atoms with van der Waals surface area (Å²) in [5.74, 6) is 0. The van der Waals surface area contributed by atoms with Crippen molar-refractivity contribution in [2.45, 2.75) is 44.1 Å². The van der Waals surface area contributed by atoms with E-state index >= 15 is 0 Å². The molecule has 0 aliphatic heterocycles. The van der Waals surface area contributed by atoms with Crippen LogP contribution in [0.2, 0.25) is 0 Å². The third-order valence-corrected chi connectivity index (χ3v) is 4.05. The van der Waals surface area contributed by atoms with Crippen molar-refractivity contribution in [3.05, 3.63) is 35.4 Å². The SMILES string of the molecule is COC(C)CCc1ccc(C2(CN)CC2)cc1. The summed E-state index contributed by atoms with van der Waals surface area (Å²) in [6.07, 6.45) is 5.02. The highest BCUT2D eigenvalue weighted by Gasteiger charge is 2.42. The van der Waals surface area contributed by atoms with Gasteiger partial charge in [0.2, 0.25) is 0 Å². The second-order valence-corrected chi connectivity index (χ2v) is 5.27. The highest BCUT2D eigenvalue weighted by molar-refractivity contribution is 5.34. The Kier molecular flexibility index (Phi) is 3.85. The number of benzene rings is 1. The molecule has 1 atom stereocenters. The molecule has 2 nitrogen and oxygen atoms in total. The van der Waals surface area contributed by atoms with E-state index in [1.165, 1.54) is 24.0 Å². The molecule has 1 aromatic rings. The first kappa shape index (κ1) is 12.6. The molecule has 1 aliphatic rings. The van der Waals surface area contributed by atoms with Crippen LogP contribution in [0.15, 0.2) is 24.3 Å². The lowest BCUT2D eigenvalue weighted by Crippen LogP contribution is -2.19. The minimum absolute atomic E-state index is 0.318. The molecule has 94 valence electrons. The normalized spacial score (nSPS) is 19.0. The van der Waals surface area contributed by atoms with Gasteiger partial charge < -0.3 is 10.5 Å². The highest BCUT2D eigenvalue weighted by Crippen LogP contribution is 2.47. The molecule has 1 fully saturated rings. The lowest BCUT2D eigenvalue weighted by molar-refractivity contribution is 0.111. The van der Waals surface area contributed by atoms with Crippen LogP contribution in [0.1, 0.15) is 37.3 Å². The summed E-state index contributed by atoms with van der Waals surface area (Å²) in [6, 6.07) is 9.00. The molecular weight excluding hydrogens is 210 g/mol. The van der Waals surface area contributed by atoms with Gasteiger partial charge in [0.25, 0.3) is 0 Å². The Bertz CT molecular complexity index is 354. The monoisotopic (exact) mass is 233 g/mol. The Balaban J connectivity index is 1.94. The molecule has 0 amide bonds. The van der Waals surface area contributed by atoms with Gasteiger partial charge in [0.1, 0.15) is 0 Å². The van der Waals surface area contributed by atoms with Gasteiger partial charge in [-0.3, -0.25) is 0 Å². The van der Waals surface area contributed by atoms with Crippen LogP contribution in [0.4, 0.5) is 0 Å². The Labute approximate surface area is 104 Å². The maximum atomic E-state index is 5.84. The Morgan fingerprint density at radius 2 is 1.94 bits per heavy atom. The summed E-state index contributed by atoms with van der Waals surface area (Å²) in [5.41, 5.74) is 8.97. The van der Waals surface area contributed by atoms with Crippen LogP contribution in [0.5, 0.6) is 0 Å². The van der Waals surface area contributed by atoms with E-state index in [1.807, 2.05) is 0 Å². The second kappa shape index (κ2) is 5.19. The molecule has 1 unspecified atom stereocenters. The van der Waals surface area contributed by atoms with Crippen LogP contribution >= 0.6 is 0 Å². The zero-order chi connectivity index (χ0) is 12.3. The van der Waals surface area contributed by atoms with Crippen molar-refractivity contribution < 1.29 is 4.74 Å². The van der Waals surface area contributed by atoms with Crippen LogP contribution in [-0.2, 0) is 16.6 Å². The van der Waals surface area contributed by atoms with Gasteiger partial charge in [0, 0.05) is 19.1 Å². The number of hydrogen-bond acceptors (Lipinski definition) is 2. The number of hydrogen-bond donors (Lipinski definition) is 1. The zero-order valence-electron chi connectivity index (χ0n) is 10.9. The highest BCUT2D eigenvalue weighted by atomic mass is 16.5. The van der Waals surface area contributed by atoms with E-state index in [0.29, 0.717) is 11.5 Å². The summed E-state index contributed by atoms with van der Waals surface area (Å²) in [4.78, 5) is 0. The number of nitrogens with two attached hydrogens (primary N) is 1. The van der Waals surface area contributed by atoms with Crippen molar-refractivity contribution in [1.82, 2.24) is 0 Å². The predicted octanol–water partition coefficient (Wildman–Crippen LogP) is 2.64. The number of rotatable bonds is 6. The fourth-order valence-electron chi connectivity index (χ4n) is 2.27. The van der Waals surface area contributed by atoms with E-state index in [4.69, 9.17) is 10.5 Å². The van der Waals surface area contributed by atoms with Crippen LogP contribution < -0.4 is 5.73 Å². The molecular formula is C15H23NO. The predicted molar refractivity (Wildman–Crippen MR) is 71.2 cm³/mol. The lowest BCUT2D eigenvalue weighted by atomic mass is 9.94. The summed E-state index contributed by atoms with van der Waals surface area (Å²) < 4.78 is 5.26. The van der Waals surface area contributed by atoms with Crippen LogP contribution in [-0.4, -0.2) is 19.8 Å². The van der Waals surface area contributed by atoms with Gasteiger partial charge in [-0.25, -0.2) is 0 Å².